The van der Waals surface area contributed by atoms with E-state index in [1.54, 1.807) is 23.1 Å². The molecule has 0 N–H and O–H groups in total. The first-order chi connectivity index (χ1) is 15.5. The molecular formula is C24H25F2NO5. The quantitative estimate of drug-likeness (QED) is 0.639. The SMILES string of the molecule is O=C(Cc1ccccc1OC(F)F)C1CC2COCC(C1)N2C(=O)OCc1ccccc1. The number of carbonyl (C=O) groups excluding carboxylic acids is 2. The van der Waals surface area contributed by atoms with Crippen molar-refractivity contribution in [3.8, 4) is 5.75 Å². The fraction of sp³-hybridized carbons (Fsp3) is 0.417. The Morgan fingerprint density at radius 2 is 1.66 bits per heavy atom. The number of piperidine rings is 1. The minimum absolute atomic E-state index is 0.00626. The van der Waals surface area contributed by atoms with Crippen LogP contribution in [0, 0.1) is 5.92 Å². The molecule has 2 unspecified atom stereocenters. The number of hydrogen-bond donors (Lipinski definition) is 0. The first-order valence-electron chi connectivity index (χ1n) is 10.6. The highest BCUT2D eigenvalue weighted by molar-refractivity contribution is 5.84. The van der Waals surface area contributed by atoms with Gasteiger partial charge in [0, 0.05) is 17.9 Å². The number of halogens is 2. The van der Waals surface area contributed by atoms with Crippen LogP contribution in [0.15, 0.2) is 54.6 Å². The van der Waals surface area contributed by atoms with Crippen LogP contribution in [0.5, 0.6) is 5.75 Å². The van der Waals surface area contributed by atoms with E-state index in [9.17, 15) is 18.4 Å². The molecule has 2 saturated heterocycles. The summed E-state index contributed by atoms with van der Waals surface area (Å²) >= 11 is 0. The van der Waals surface area contributed by atoms with Gasteiger partial charge >= 0.3 is 12.7 Å². The van der Waals surface area contributed by atoms with E-state index in [4.69, 9.17) is 9.47 Å². The van der Waals surface area contributed by atoms with Gasteiger partial charge in [-0.2, -0.15) is 8.78 Å². The predicted molar refractivity (Wildman–Crippen MR) is 111 cm³/mol. The molecule has 8 heteroatoms. The second-order valence-electron chi connectivity index (χ2n) is 8.09. The molecule has 1 amide bonds. The summed E-state index contributed by atoms with van der Waals surface area (Å²) in [6.07, 6.45) is 0.502. The Hall–Kier alpha value is -3.00. The normalized spacial score (nSPS) is 22.5. The van der Waals surface area contributed by atoms with Gasteiger partial charge < -0.3 is 14.2 Å². The Balaban J connectivity index is 1.39. The number of Topliss-reactive ketones (excluding diaryl/α,β-unsaturated/α-hetero) is 1. The molecule has 2 bridgehead atoms. The largest absolute Gasteiger partial charge is 0.445 e. The lowest BCUT2D eigenvalue weighted by atomic mass is 9.81. The molecule has 2 aliphatic rings. The lowest BCUT2D eigenvalue weighted by Crippen LogP contribution is -2.60. The molecule has 170 valence electrons. The minimum Gasteiger partial charge on any atom is -0.445 e. The maximum atomic E-state index is 13.0. The van der Waals surface area contributed by atoms with Gasteiger partial charge in [-0.15, -0.1) is 0 Å². The first kappa shape index (κ1) is 22.2. The number of nitrogens with zero attached hydrogens (tertiary/aromatic N) is 1. The van der Waals surface area contributed by atoms with E-state index < -0.39 is 12.7 Å². The number of para-hydroxylation sites is 1. The molecule has 2 aromatic carbocycles. The number of alkyl halides is 2. The molecule has 2 fully saturated rings. The van der Waals surface area contributed by atoms with Gasteiger partial charge in [0.05, 0.1) is 25.3 Å². The summed E-state index contributed by atoms with van der Waals surface area (Å²) in [6, 6.07) is 15.3. The number of ketones is 1. The fourth-order valence-electron chi connectivity index (χ4n) is 4.46. The zero-order chi connectivity index (χ0) is 22.5. The maximum absolute atomic E-state index is 13.0. The molecule has 6 nitrogen and oxygen atoms in total. The second kappa shape index (κ2) is 10.1. The van der Waals surface area contributed by atoms with Crippen LogP contribution in [0.4, 0.5) is 13.6 Å². The highest BCUT2D eigenvalue weighted by atomic mass is 19.3. The molecule has 2 aliphatic heterocycles. The zero-order valence-corrected chi connectivity index (χ0v) is 17.5. The van der Waals surface area contributed by atoms with Crippen LogP contribution >= 0.6 is 0 Å². The number of amides is 1. The van der Waals surface area contributed by atoms with Crippen LogP contribution in [0.2, 0.25) is 0 Å². The first-order valence-corrected chi connectivity index (χ1v) is 10.6. The van der Waals surface area contributed by atoms with E-state index in [-0.39, 0.29) is 42.6 Å². The summed E-state index contributed by atoms with van der Waals surface area (Å²) in [4.78, 5) is 27.5. The second-order valence-corrected chi connectivity index (χ2v) is 8.09. The Bertz CT molecular complexity index is 925. The van der Waals surface area contributed by atoms with Crippen molar-refractivity contribution in [2.45, 2.75) is 44.6 Å². The topological polar surface area (TPSA) is 65.1 Å². The molecular weight excluding hydrogens is 420 g/mol. The molecule has 32 heavy (non-hydrogen) atoms. The number of hydrogen-bond acceptors (Lipinski definition) is 5. The molecule has 0 spiro atoms. The minimum atomic E-state index is -2.95. The predicted octanol–water partition coefficient (Wildman–Crippen LogP) is 4.22. The average Bonchev–Trinajstić information content (AvgIpc) is 2.78. The standard InChI is InChI=1S/C24H25F2NO5/c25-23(26)32-22-9-5-4-8-17(22)12-21(28)18-10-19-14-30-15-20(11-18)27(19)24(29)31-13-16-6-2-1-3-7-16/h1-9,18-20,23H,10-15H2. The van der Waals surface area contributed by atoms with Gasteiger partial charge in [0.25, 0.3) is 0 Å². The van der Waals surface area contributed by atoms with Crippen molar-refractivity contribution in [1.82, 2.24) is 4.90 Å². The van der Waals surface area contributed by atoms with Gasteiger partial charge in [0.1, 0.15) is 18.1 Å². The van der Waals surface area contributed by atoms with E-state index in [2.05, 4.69) is 4.74 Å². The number of rotatable bonds is 7. The Kier molecular flexibility index (Phi) is 6.99. The van der Waals surface area contributed by atoms with E-state index in [1.165, 1.54) is 6.07 Å². The Morgan fingerprint density at radius 1 is 1.00 bits per heavy atom. The summed E-state index contributed by atoms with van der Waals surface area (Å²) in [7, 11) is 0. The molecule has 2 heterocycles. The van der Waals surface area contributed by atoms with E-state index in [0.717, 1.165) is 5.56 Å². The van der Waals surface area contributed by atoms with Gasteiger partial charge in [-0.1, -0.05) is 48.5 Å². The number of carbonyl (C=O) groups is 2. The average molecular weight is 445 g/mol. The molecule has 4 rings (SSSR count). The van der Waals surface area contributed by atoms with E-state index >= 15 is 0 Å². The van der Waals surface area contributed by atoms with Gasteiger partial charge in [-0.3, -0.25) is 9.69 Å². The van der Waals surface area contributed by atoms with E-state index in [0.29, 0.717) is 31.6 Å². The summed E-state index contributed by atoms with van der Waals surface area (Å²) in [5, 5.41) is 0. The van der Waals surface area contributed by atoms with Crippen LogP contribution in [0.3, 0.4) is 0 Å². The van der Waals surface area contributed by atoms with Crippen molar-refractivity contribution in [2.24, 2.45) is 5.92 Å². The van der Waals surface area contributed by atoms with Crippen molar-refractivity contribution in [1.29, 1.82) is 0 Å². The number of morpholine rings is 1. The number of ether oxygens (including phenoxy) is 3. The van der Waals surface area contributed by atoms with Crippen LogP contribution in [-0.2, 0) is 27.3 Å². The summed E-state index contributed by atoms with van der Waals surface area (Å²) in [6.45, 7) is -2.09. The van der Waals surface area contributed by atoms with Crippen LogP contribution in [0.1, 0.15) is 24.0 Å². The maximum Gasteiger partial charge on any atom is 0.410 e. The van der Waals surface area contributed by atoms with Gasteiger partial charge in [-0.25, -0.2) is 4.79 Å². The van der Waals surface area contributed by atoms with Crippen molar-refractivity contribution in [2.75, 3.05) is 13.2 Å². The van der Waals surface area contributed by atoms with Crippen LogP contribution in [0.25, 0.3) is 0 Å². The van der Waals surface area contributed by atoms with Crippen molar-refractivity contribution < 1.29 is 32.6 Å². The third-order valence-electron chi connectivity index (χ3n) is 5.95. The number of fused-ring (bicyclic) bond motifs is 2. The third kappa shape index (κ3) is 5.24. The van der Waals surface area contributed by atoms with Gasteiger partial charge in [-0.05, 0) is 24.5 Å². The zero-order valence-electron chi connectivity index (χ0n) is 17.5. The lowest BCUT2D eigenvalue weighted by Gasteiger charge is -2.47. The fourth-order valence-corrected chi connectivity index (χ4v) is 4.46. The summed E-state index contributed by atoms with van der Waals surface area (Å²) in [5.41, 5.74) is 1.33. The molecule has 2 aromatic rings. The highest BCUT2D eigenvalue weighted by Gasteiger charge is 2.44. The van der Waals surface area contributed by atoms with Gasteiger partial charge in [0.15, 0.2) is 0 Å². The summed E-state index contributed by atoms with van der Waals surface area (Å²) < 4.78 is 41.0. The summed E-state index contributed by atoms with van der Waals surface area (Å²) in [5.74, 6) is -0.322. The monoisotopic (exact) mass is 445 g/mol. The smallest absolute Gasteiger partial charge is 0.410 e. The number of benzene rings is 2. The van der Waals surface area contributed by atoms with Crippen LogP contribution in [-0.4, -0.2) is 48.7 Å². The van der Waals surface area contributed by atoms with Crippen molar-refractivity contribution >= 4 is 11.9 Å². The Morgan fingerprint density at radius 3 is 2.34 bits per heavy atom. The molecule has 2 atom stereocenters. The Labute approximate surface area is 185 Å². The highest BCUT2D eigenvalue weighted by Crippen LogP contribution is 2.34. The van der Waals surface area contributed by atoms with Gasteiger partial charge in [0.2, 0.25) is 0 Å². The van der Waals surface area contributed by atoms with Crippen LogP contribution < -0.4 is 4.74 Å². The third-order valence-corrected chi connectivity index (χ3v) is 5.95. The van der Waals surface area contributed by atoms with Crippen molar-refractivity contribution in [3.63, 3.8) is 0 Å². The van der Waals surface area contributed by atoms with Crippen molar-refractivity contribution in [3.05, 3.63) is 65.7 Å². The molecule has 0 radical (unpaired) electrons. The molecule has 0 aliphatic carbocycles. The molecule has 0 aromatic heterocycles. The van der Waals surface area contributed by atoms with E-state index in [1.807, 2.05) is 30.3 Å². The molecule has 0 saturated carbocycles. The lowest BCUT2D eigenvalue weighted by molar-refractivity contribution is -0.130.